The lowest BCUT2D eigenvalue weighted by Crippen LogP contribution is -2.41. The number of amides is 1. The van der Waals surface area contributed by atoms with Crippen molar-refractivity contribution in [1.82, 2.24) is 14.7 Å². The number of aromatic nitrogens is 2. The summed E-state index contributed by atoms with van der Waals surface area (Å²) in [4.78, 5) is 14.0. The first-order valence-electron chi connectivity index (χ1n) is 5.81. The zero-order chi connectivity index (χ0) is 11.9. The number of hydrogen-bond acceptors (Lipinski definition) is 2. The Balaban J connectivity index is 2.25. The maximum absolute atomic E-state index is 12.1. The van der Waals surface area contributed by atoms with Gasteiger partial charge >= 0.3 is 0 Å². The first-order chi connectivity index (χ1) is 7.43. The molecular formula is C12H19N3O. The van der Waals surface area contributed by atoms with Gasteiger partial charge < -0.3 is 4.90 Å². The van der Waals surface area contributed by atoms with E-state index in [0.717, 1.165) is 24.2 Å². The summed E-state index contributed by atoms with van der Waals surface area (Å²) in [5.41, 5.74) is 1.58. The molecule has 88 valence electrons. The summed E-state index contributed by atoms with van der Waals surface area (Å²) in [5, 5.41) is 4.45. The van der Waals surface area contributed by atoms with Crippen LogP contribution in [-0.4, -0.2) is 26.1 Å². The van der Waals surface area contributed by atoms with Crippen LogP contribution in [0.5, 0.6) is 0 Å². The Hall–Kier alpha value is -1.32. The van der Waals surface area contributed by atoms with Crippen molar-refractivity contribution in [2.75, 3.05) is 0 Å². The standard InChI is InChI=1S/C12H19N3O/c1-5-6-14-7-9-10(13-14)8-15(11(9)16)12(2,3)4/h7H,5-6,8H2,1-4H3. The average Bonchev–Trinajstić information content (AvgIpc) is 2.66. The minimum Gasteiger partial charge on any atom is -0.328 e. The minimum absolute atomic E-state index is 0.116. The molecule has 4 nitrogen and oxygen atoms in total. The summed E-state index contributed by atoms with van der Waals surface area (Å²) in [6, 6.07) is 0. The van der Waals surface area contributed by atoms with Gasteiger partial charge in [0.2, 0.25) is 0 Å². The van der Waals surface area contributed by atoms with E-state index in [-0.39, 0.29) is 11.4 Å². The van der Waals surface area contributed by atoms with E-state index in [0.29, 0.717) is 6.54 Å². The molecule has 1 aliphatic rings. The summed E-state index contributed by atoms with van der Waals surface area (Å²) in [5.74, 6) is 0.116. The highest BCUT2D eigenvalue weighted by atomic mass is 16.2. The first-order valence-corrected chi connectivity index (χ1v) is 5.81. The van der Waals surface area contributed by atoms with E-state index < -0.39 is 0 Å². The maximum atomic E-state index is 12.1. The summed E-state index contributed by atoms with van der Waals surface area (Å²) >= 11 is 0. The lowest BCUT2D eigenvalue weighted by atomic mass is 10.1. The number of hydrogen-bond donors (Lipinski definition) is 0. The van der Waals surface area contributed by atoms with Crippen LogP contribution < -0.4 is 0 Å². The third-order valence-electron chi connectivity index (χ3n) is 2.88. The Morgan fingerprint density at radius 3 is 2.62 bits per heavy atom. The van der Waals surface area contributed by atoms with Crippen molar-refractivity contribution in [2.24, 2.45) is 0 Å². The smallest absolute Gasteiger partial charge is 0.258 e. The molecule has 2 rings (SSSR count). The topological polar surface area (TPSA) is 38.1 Å². The van der Waals surface area contributed by atoms with Crippen molar-refractivity contribution in [3.8, 4) is 0 Å². The second-order valence-corrected chi connectivity index (χ2v) is 5.31. The van der Waals surface area contributed by atoms with Gasteiger partial charge in [0.15, 0.2) is 0 Å². The number of nitrogens with zero attached hydrogens (tertiary/aromatic N) is 3. The predicted octanol–water partition coefficient (Wildman–Crippen LogP) is 2.05. The summed E-state index contributed by atoms with van der Waals surface area (Å²) in [6.07, 6.45) is 2.92. The van der Waals surface area contributed by atoms with Gasteiger partial charge in [-0.15, -0.1) is 0 Å². The summed E-state index contributed by atoms with van der Waals surface area (Å²) in [7, 11) is 0. The Morgan fingerprint density at radius 1 is 1.44 bits per heavy atom. The molecule has 1 aliphatic heterocycles. The van der Waals surface area contributed by atoms with Gasteiger partial charge in [0.1, 0.15) is 0 Å². The normalized spacial score (nSPS) is 15.8. The molecule has 0 aromatic carbocycles. The number of fused-ring (bicyclic) bond motifs is 1. The van der Waals surface area contributed by atoms with Gasteiger partial charge in [-0.1, -0.05) is 6.92 Å². The molecule has 0 unspecified atom stereocenters. The van der Waals surface area contributed by atoms with Crippen molar-refractivity contribution in [1.29, 1.82) is 0 Å². The molecule has 0 N–H and O–H groups in total. The van der Waals surface area contributed by atoms with Crippen molar-refractivity contribution in [3.63, 3.8) is 0 Å². The van der Waals surface area contributed by atoms with E-state index in [1.54, 1.807) is 0 Å². The number of rotatable bonds is 2. The molecule has 0 saturated carbocycles. The zero-order valence-electron chi connectivity index (χ0n) is 10.4. The van der Waals surface area contributed by atoms with Crippen LogP contribution in [0.1, 0.15) is 50.2 Å². The summed E-state index contributed by atoms with van der Waals surface area (Å²) < 4.78 is 1.88. The summed E-state index contributed by atoms with van der Waals surface area (Å²) in [6.45, 7) is 9.80. The number of carbonyl (C=O) groups excluding carboxylic acids is 1. The molecule has 0 fully saturated rings. The Bertz CT molecular complexity index is 414. The fourth-order valence-corrected chi connectivity index (χ4v) is 2.01. The van der Waals surface area contributed by atoms with Crippen LogP contribution in [-0.2, 0) is 13.1 Å². The quantitative estimate of drug-likeness (QED) is 0.766. The van der Waals surface area contributed by atoms with Crippen LogP contribution >= 0.6 is 0 Å². The van der Waals surface area contributed by atoms with Crippen LogP contribution in [0.15, 0.2) is 6.20 Å². The van der Waals surface area contributed by atoms with Gasteiger partial charge in [-0.3, -0.25) is 9.48 Å². The second kappa shape index (κ2) is 3.61. The second-order valence-electron chi connectivity index (χ2n) is 5.31. The van der Waals surface area contributed by atoms with Gasteiger partial charge in [0.25, 0.3) is 5.91 Å². The van der Waals surface area contributed by atoms with Gasteiger partial charge in [0, 0.05) is 18.3 Å². The van der Waals surface area contributed by atoms with Crippen LogP contribution in [0.25, 0.3) is 0 Å². The Labute approximate surface area is 96.2 Å². The number of carbonyl (C=O) groups is 1. The fraction of sp³-hybridized carbons (Fsp3) is 0.667. The van der Waals surface area contributed by atoms with Crippen LogP contribution in [0.4, 0.5) is 0 Å². The van der Waals surface area contributed by atoms with Gasteiger partial charge in [-0.05, 0) is 27.2 Å². The van der Waals surface area contributed by atoms with Gasteiger partial charge in [-0.25, -0.2) is 0 Å². The third kappa shape index (κ3) is 1.72. The Morgan fingerprint density at radius 2 is 2.12 bits per heavy atom. The monoisotopic (exact) mass is 221 g/mol. The van der Waals surface area contributed by atoms with Gasteiger partial charge in [0.05, 0.1) is 17.8 Å². The van der Waals surface area contributed by atoms with Crippen molar-refractivity contribution in [2.45, 2.75) is 52.7 Å². The van der Waals surface area contributed by atoms with Gasteiger partial charge in [-0.2, -0.15) is 5.10 Å². The Kier molecular flexibility index (Phi) is 2.52. The highest BCUT2D eigenvalue weighted by Gasteiger charge is 2.36. The third-order valence-corrected chi connectivity index (χ3v) is 2.88. The lowest BCUT2D eigenvalue weighted by molar-refractivity contribution is 0.0605. The van der Waals surface area contributed by atoms with Crippen LogP contribution in [0, 0.1) is 0 Å². The SMILES string of the molecule is CCCn1cc2c(n1)CN(C(C)(C)C)C2=O. The van der Waals surface area contributed by atoms with Crippen LogP contribution in [0.2, 0.25) is 0 Å². The van der Waals surface area contributed by atoms with Crippen LogP contribution in [0.3, 0.4) is 0 Å². The molecule has 0 aliphatic carbocycles. The molecule has 0 radical (unpaired) electrons. The van der Waals surface area contributed by atoms with E-state index >= 15 is 0 Å². The molecule has 0 atom stereocenters. The highest BCUT2D eigenvalue weighted by molar-refractivity contribution is 5.98. The molecule has 1 aromatic heterocycles. The molecular weight excluding hydrogens is 202 g/mol. The van der Waals surface area contributed by atoms with E-state index in [2.05, 4.69) is 32.8 Å². The molecule has 0 bridgehead atoms. The molecule has 16 heavy (non-hydrogen) atoms. The molecule has 4 heteroatoms. The van der Waals surface area contributed by atoms with E-state index in [1.807, 2.05) is 15.8 Å². The van der Waals surface area contributed by atoms with E-state index in [1.165, 1.54) is 0 Å². The lowest BCUT2D eigenvalue weighted by Gasteiger charge is -2.31. The van der Waals surface area contributed by atoms with Crippen molar-refractivity contribution in [3.05, 3.63) is 17.5 Å². The molecule has 0 saturated heterocycles. The average molecular weight is 221 g/mol. The predicted molar refractivity (Wildman–Crippen MR) is 62.1 cm³/mol. The molecule has 2 heterocycles. The molecule has 0 spiro atoms. The van der Waals surface area contributed by atoms with Crippen molar-refractivity contribution >= 4 is 5.91 Å². The van der Waals surface area contributed by atoms with Crippen molar-refractivity contribution < 1.29 is 4.79 Å². The maximum Gasteiger partial charge on any atom is 0.258 e. The number of aryl methyl sites for hydroxylation is 1. The van der Waals surface area contributed by atoms with E-state index in [9.17, 15) is 4.79 Å². The zero-order valence-corrected chi connectivity index (χ0v) is 10.4. The highest BCUT2D eigenvalue weighted by Crippen LogP contribution is 2.28. The van der Waals surface area contributed by atoms with E-state index in [4.69, 9.17) is 0 Å². The minimum atomic E-state index is -0.125. The largest absolute Gasteiger partial charge is 0.328 e. The fourth-order valence-electron chi connectivity index (χ4n) is 2.01. The first kappa shape index (κ1) is 11.2. The molecule has 1 amide bonds. The molecule has 1 aromatic rings.